The van der Waals surface area contributed by atoms with E-state index in [-0.39, 0.29) is 0 Å². The van der Waals surface area contributed by atoms with Crippen molar-refractivity contribution in [3.63, 3.8) is 0 Å². The molecular formula is C26H39NO. The van der Waals surface area contributed by atoms with E-state index < -0.39 is 0 Å². The van der Waals surface area contributed by atoms with Crippen LogP contribution in [-0.2, 0) is 6.42 Å². The maximum Gasteiger partial charge on any atom is 0.119 e. The molecule has 1 aromatic heterocycles. The smallest absolute Gasteiger partial charge is 0.119 e. The van der Waals surface area contributed by atoms with Gasteiger partial charge < -0.3 is 4.74 Å². The number of nitrogens with zero attached hydrogens (tertiary/aromatic N) is 1. The molecule has 0 aliphatic rings. The quantitative estimate of drug-likeness (QED) is 0.311. The first-order valence-electron chi connectivity index (χ1n) is 11.4. The van der Waals surface area contributed by atoms with Crippen molar-refractivity contribution in [2.45, 2.75) is 85.0 Å². The molecule has 2 heteroatoms. The molecule has 0 fully saturated rings. The van der Waals surface area contributed by atoms with Crippen molar-refractivity contribution in [1.82, 2.24) is 4.98 Å². The Labute approximate surface area is 172 Å². The van der Waals surface area contributed by atoms with Gasteiger partial charge >= 0.3 is 0 Å². The topological polar surface area (TPSA) is 22.1 Å². The van der Waals surface area contributed by atoms with Gasteiger partial charge in [-0.1, -0.05) is 71.8 Å². The van der Waals surface area contributed by atoms with Crippen LogP contribution in [0.15, 0.2) is 42.6 Å². The molecule has 1 aromatic carbocycles. The lowest BCUT2D eigenvalue weighted by molar-refractivity contribution is 0.282. The lowest BCUT2D eigenvalue weighted by Gasteiger charge is -2.10. The van der Waals surface area contributed by atoms with E-state index in [0.29, 0.717) is 0 Å². The first kappa shape index (κ1) is 22.5. The first-order valence-corrected chi connectivity index (χ1v) is 11.4. The summed E-state index contributed by atoms with van der Waals surface area (Å²) in [6.07, 6.45) is 15.0. The van der Waals surface area contributed by atoms with E-state index in [1.807, 2.05) is 6.20 Å². The maximum absolute atomic E-state index is 5.85. The average molecular weight is 382 g/mol. The van der Waals surface area contributed by atoms with Gasteiger partial charge in [0.1, 0.15) is 5.75 Å². The Morgan fingerprint density at radius 1 is 0.857 bits per heavy atom. The molecule has 0 radical (unpaired) electrons. The Bertz CT molecular complexity index is 632. The molecular weight excluding hydrogens is 342 g/mol. The molecule has 1 atom stereocenters. The van der Waals surface area contributed by atoms with Gasteiger partial charge in [-0.3, -0.25) is 4.98 Å². The number of ether oxygens (including phenoxy) is 1. The molecule has 28 heavy (non-hydrogen) atoms. The molecule has 0 aliphatic carbocycles. The van der Waals surface area contributed by atoms with E-state index in [0.717, 1.165) is 42.4 Å². The minimum absolute atomic E-state index is 0.725. The van der Waals surface area contributed by atoms with Crippen molar-refractivity contribution in [2.24, 2.45) is 5.92 Å². The summed E-state index contributed by atoms with van der Waals surface area (Å²) in [6.45, 7) is 7.56. The summed E-state index contributed by atoms with van der Waals surface area (Å²) >= 11 is 0. The van der Waals surface area contributed by atoms with Gasteiger partial charge in [-0.05, 0) is 61.1 Å². The third-order valence-corrected chi connectivity index (χ3v) is 5.62. The van der Waals surface area contributed by atoms with Gasteiger partial charge in [-0.2, -0.15) is 0 Å². The highest BCUT2D eigenvalue weighted by atomic mass is 16.5. The number of benzene rings is 1. The van der Waals surface area contributed by atoms with Crippen molar-refractivity contribution >= 4 is 0 Å². The normalized spacial score (nSPS) is 12.1. The number of hydrogen-bond donors (Lipinski definition) is 0. The Morgan fingerprint density at radius 3 is 2.21 bits per heavy atom. The van der Waals surface area contributed by atoms with E-state index in [1.165, 1.54) is 56.9 Å². The van der Waals surface area contributed by atoms with Crippen molar-refractivity contribution in [1.29, 1.82) is 0 Å². The highest BCUT2D eigenvalue weighted by Crippen LogP contribution is 2.22. The van der Waals surface area contributed by atoms with Gasteiger partial charge in [0.05, 0.1) is 12.3 Å². The van der Waals surface area contributed by atoms with Crippen LogP contribution >= 0.6 is 0 Å². The Morgan fingerprint density at radius 2 is 1.57 bits per heavy atom. The first-order chi connectivity index (χ1) is 13.7. The third-order valence-electron chi connectivity index (χ3n) is 5.62. The van der Waals surface area contributed by atoms with E-state index >= 15 is 0 Å². The zero-order chi connectivity index (χ0) is 20.0. The molecule has 0 aliphatic heterocycles. The number of rotatable bonds is 14. The predicted molar refractivity (Wildman–Crippen MR) is 121 cm³/mol. The second-order valence-corrected chi connectivity index (χ2v) is 8.10. The summed E-state index contributed by atoms with van der Waals surface area (Å²) in [5, 5.41) is 0. The third kappa shape index (κ3) is 8.46. The van der Waals surface area contributed by atoms with Crippen LogP contribution < -0.4 is 4.74 Å². The summed E-state index contributed by atoms with van der Waals surface area (Å²) in [4.78, 5) is 4.67. The summed E-state index contributed by atoms with van der Waals surface area (Å²) < 4.78 is 5.85. The van der Waals surface area contributed by atoms with Gasteiger partial charge in [0.2, 0.25) is 0 Å². The minimum Gasteiger partial charge on any atom is -0.494 e. The SMILES string of the molecule is CCCCCCCCCc1ccc(-c2ccc(OCCC(C)CC)cc2)nc1. The van der Waals surface area contributed by atoms with Crippen molar-refractivity contribution in [3.05, 3.63) is 48.2 Å². The van der Waals surface area contributed by atoms with Crippen LogP contribution in [-0.4, -0.2) is 11.6 Å². The van der Waals surface area contributed by atoms with E-state index in [2.05, 4.69) is 62.2 Å². The fourth-order valence-corrected chi connectivity index (χ4v) is 3.33. The predicted octanol–water partition coefficient (Wildman–Crippen LogP) is 7.86. The molecule has 0 spiro atoms. The summed E-state index contributed by atoms with van der Waals surface area (Å²) in [5.41, 5.74) is 3.54. The van der Waals surface area contributed by atoms with Crippen LogP contribution in [0.4, 0.5) is 0 Å². The highest BCUT2D eigenvalue weighted by Gasteiger charge is 2.03. The van der Waals surface area contributed by atoms with Crippen molar-refractivity contribution in [3.8, 4) is 17.0 Å². The number of aryl methyl sites for hydroxylation is 1. The molecule has 154 valence electrons. The molecule has 0 amide bonds. The minimum atomic E-state index is 0.725. The van der Waals surface area contributed by atoms with Crippen LogP contribution in [0.5, 0.6) is 5.75 Å². The summed E-state index contributed by atoms with van der Waals surface area (Å²) in [5.74, 6) is 1.67. The lowest BCUT2D eigenvalue weighted by atomic mass is 10.0. The molecule has 0 saturated heterocycles. The maximum atomic E-state index is 5.85. The zero-order valence-corrected chi connectivity index (χ0v) is 18.3. The van der Waals surface area contributed by atoms with E-state index in [1.54, 1.807) is 0 Å². The molecule has 1 heterocycles. The van der Waals surface area contributed by atoms with Crippen molar-refractivity contribution < 1.29 is 4.74 Å². The molecule has 2 rings (SSSR count). The van der Waals surface area contributed by atoms with E-state index in [4.69, 9.17) is 4.74 Å². The summed E-state index contributed by atoms with van der Waals surface area (Å²) in [6, 6.07) is 12.7. The number of unbranched alkanes of at least 4 members (excludes halogenated alkanes) is 6. The summed E-state index contributed by atoms with van der Waals surface area (Å²) in [7, 11) is 0. The highest BCUT2D eigenvalue weighted by molar-refractivity contribution is 5.60. The second kappa shape index (κ2) is 13.4. The van der Waals surface area contributed by atoms with Gasteiger partial charge in [0, 0.05) is 11.8 Å². The average Bonchev–Trinajstić information content (AvgIpc) is 2.74. The van der Waals surface area contributed by atoms with Gasteiger partial charge in [0.25, 0.3) is 0 Å². The number of hydrogen-bond acceptors (Lipinski definition) is 2. The van der Waals surface area contributed by atoms with Crippen LogP contribution in [0.1, 0.15) is 84.1 Å². The molecule has 0 saturated carbocycles. The fraction of sp³-hybridized carbons (Fsp3) is 0.577. The van der Waals surface area contributed by atoms with Gasteiger partial charge in [-0.25, -0.2) is 0 Å². The molecule has 0 N–H and O–H groups in total. The zero-order valence-electron chi connectivity index (χ0n) is 18.3. The van der Waals surface area contributed by atoms with E-state index in [9.17, 15) is 0 Å². The van der Waals surface area contributed by atoms with Crippen LogP contribution in [0.3, 0.4) is 0 Å². The Hall–Kier alpha value is -1.83. The number of pyridine rings is 1. The molecule has 2 aromatic rings. The van der Waals surface area contributed by atoms with Crippen LogP contribution in [0, 0.1) is 5.92 Å². The Kier molecular flexibility index (Phi) is 10.7. The fourth-order valence-electron chi connectivity index (χ4n) is 3.33. The molecule has 1 unspecified atom stereocenters. The second-order valence-electron chi connectivity index (χ2n) is 8.10. The monoisotopic (exact) mass is 381 g/mol. The van der Waals surface area contributed by atoms with Crippen molar-refractivity contribution in [2.75, 3.05) is 6.61 Å². The largest absolute Gasteiger partial charge is 0.494 e. The molecule has 0 bridgehead atoms. The van der Waals surface area contributed by atoms with Crippen LogP contribution in [0.25, 0.3) is 11.3 Å². The lowest BCUT2D eigenvalue weighted by Crippen LogP contribution is -2.03. The molecule has 2 nitrogen and oxygen atoms in total. The number of aromatic nitrogens is 1. The standard InChI is InChI=1S/C26H39NO/c1-4-6-7-8-9-10-11-12-23-13-18-26(27-21-23)24-14-16-25(17-15-24)28-20-19-22(3)5-2/h13-18,21-22H,4-12,19-20H2,1-3H3. The Balaban J connectivity index is 1.73. The van der Waals surface area contributed by atoms with Gasteiger partial charge in [0.15, 0.2) is 0 Å². The van der Waals surface area contributed by atoms with Gasteiger partial charge in [-0.15, -0.1) is 0 Å². The van der Waals surface area contributed by atoms with Crippen LogP contribution in [0.2, 0.25) is 0 Å².